The van der Waals surface area contributed by atoms with Crippen molar-refractivity contribution in [3.05, 3.63) is 11.9 Å². The van der Waals surface area contributed by atoms with Gasteiger partial charge >= 0.3 is 5.97 Å². The fourth-order valence-electron chi connectivity index (χ4n) is 2.78. The first-order valence-electron chi connectivity index (χ1n) is 7.01. The highest BCUT2D eigenvalue weighted by atomic mass is 16.5. The number of carboxylic acid groups (broad SMARTS) is 1. The molecule has 0 aliphatic heterocycles. The van der Waals surface area contributed by atoms with Crippen LogP contribution in [0.2, 0.25) is 0 Å². The van der Waals surface area contributed by atoms with Gasteiger partial charge in [-0.25, -0.2) is 9.97 Å². The van der Waals surface area contributed by atoms with Gasteiger partial charge < -0.3 is 15.2 Å². The van der Waals surface area contributed by atoms with Crippen molar-refractivity contribution < 1.29 is 14.6 Å². The van der Waals surface area contributed by atoms with Gasteiger partial charge in [-0.1, -0.05) is 12.8 Å². The molecule has 0 radical (unpaired) electrons. The van der Waals surface area contributed by atoms with Crippen LogP contribution in [0.4, 0.5) is 5.82 Å². The zero-order chi connectivity index (χ0) is 14.6. The maximum absolute atomic E-state index is 11.1. The molecule has 20 heavy (non-hydrogen) atoms. The van der Waals surface area contributed by atoms with Crippen molar-refractivity contribution in [3.63, 3.8) is 0 Å². The van der Waals surface area contributed by atoms with Gasteiger partial charge in [-0.3, -0.25) is 4.79 Å². The van der Waals surface area contributed by atoms with Crippen molar-refractivity contribution in [2.45, 2.75) is 51.5 Å². The lowest BCUT2D eigenvalue weighted by Gasteiger charge is -2.30. The number of carbonyl (C=O) groups is 1. The molecule has 6 nitrogen and oxygen atoms in total. The third-order valence-corrected chi connectivity index (χ3v) is 3.75. The van der Waals surface area contributed by atoms with Gasteiger partial charge in [0.05, 0.1) is 18.6 Å². The number of aromatic nitrogens is 2. The van der Waals surface area contributed by atoms with Crippen molar-refractivity contribution in [2.75, 3.05) is 11.9 Å². The molecule has 0 spiro atoms. The summed E-state index contributed by atoms with van der Waals surface area (Å²) in [5.74, 6) is 0.441. The van der Waals surface area contributed by atoms with Gasteiger partial charge in [-0.05, 0) is 26.7 Å². The second-order valence-electron chi connectivity index (χ2n) is 5.27. The first kappa shape index (κ1) is 14.6. The van der Waals surface area contributed by atoms with E-state index in [0.717, 1.165) is 31.2 Å². The topological polar surface area (TPSA) is 84.3 Å². The molecule has 0 saturated heterocycles. The summed E-state index contributed by atoms with van der Waals surface area (Å²) < 4.78 is 5.45. The Labute approximate surface area is 118 Å². The average molecular weight is 279 g/mol. The summed E-state index contributed by atoms with van der Waals surface area (Å²) in [4.78, 5) is 19.4. The minimum atomic E-state index is -0.781. The van der Waals surface area contributed by atoms with Crippen molar-refractivity contribution in [1.82, 2.24) is 9.97 Å². The Bertz CT molecular complexity index is 485. The summed E-state index contributed by atoms with van der Waals surface area (Å²) in [5, 5.41) is 12.5. The van der Waals surface area contributed by atoms with Crippen molar-refractivity contribution in [1.29, 1.82) is 0 Å². The third kappa shape index (κ3) is 3.18. The molecule has 1 aliphatic carbocycles. The van der Waals surface area contributed by atoms with Gasteiger partial charge in [-0.2, -0.15) is 0 Å². The van der Waals surface area contributed by atoms with E-state index < -0.39 is 11.5 Å². The van der Waals surface area contributed by atoms with Crippen molar-refractivity contribution in [3.8, 4) is 5.88 Å². The third-order valence-electron chi connectivity index (χ3n) is 3.75. The Morgan fingerprint density at radius 3 is 2.75 bits per heavy atom. The highest BCUT2D eigenvalue weighted by Gasteiger charge is 2.36. The number of carboxylic acids is 1. The highest BCUT2D eigenvalue weighted by molar-refractivity contribution is 5.69. The molecule has 1 aliphatic rings. The number of anilines is 1. The number of hydrogen-bond acceptors (Lipinski definition) is 5. The maximum Gasteiger partial charge on any atom is 0.305 e. The van der Waals surface area contributed by atoms with Crippen LogP contribution in [0.3, 0.4) is 0 Å². The number of ether oxygens (including phenoxy) is 1. The van der Waals surface area contributed by atoms with Crippen LogP contribution in [0.25, 0.3) is 0 Å². The van der Waals surface area contributed by atoms with E-state index in [1.807, 2.05) is 13.8 Å². The summed E-state index contributed by atoms with van der Waals surface area (Å²) in [6.45, 7) is 4.33. The molecule has 0 amide bonds. The van der Waals surface area contributed by atoms with E-state index in [9.17, 15) is 4.79 Å². The molecule has 2 N–H and O–H groups in total. The Morgan fingerprint density at radius 1 is 1.45 bits per heavy atom. The van der Waals surface area contributed by atoms with E-state index in [2.05, 4.69) is 15.3 Å². The van der Waals surface area contributed by atoms with Crippen LogP contribution in [-0.4, -0.2) is 33.2 Å². The van der Waals surface area contributed by atoms with Crippen LogP contribution < -0.4 is 10.1 Å². The monoisotopic (exact) mass is 279 g/mol. The van der Waals surface area contributed by atoms with Gasteiger partial charge in [0.15, 0.2) is 0 Å². The lowest BCUT2D eigenvalue weighted by Crippen LogP contribution is -2.38. The SMILES string of the molecule is CCOc1ncnc(NC2(CC(=O)O)CCCC2)c1C. The fourth-order valence-corrected chi connectivity index (χ4v) is 2.78. The predicted molar refractivity (Wildman–Crippen MR) is 75.0 cm³/mol. The molecule has 6 heteroatoms. The Hall–Kier alpha value is -1.85. The summed E-state index contributed by atoms with van der Waals surface area (Å²) in [6, 6.07) is 0. The molecule has 1 heterocycles. The van der Waals surface area contributed by atoms with Gasteiger partial charge in [0, 0.05) is 5.54 Å². The Morgan fingerprint density at radius 2 is 2.15 bits per heavy atom. The molecule has 0 atom stereocenters. The number of nitrogens with zero attached hydrogens (tertiary/aromatic N) is 2. The molecule has 0 aromatic carbocycles. The van der Waals surface area contributed by atoms with E-state index in [4.69, 9.17) is 9.84 Å². The number of hydrogen-bond donors (Lipinski definition) is 2. The molecular formula is C14H21N3O3. The first-order chi connectivity index (χ1) is 9.56. The summed E-state index contributed by atoms with van der Waals surface area (Å²) in [5.41, 5.74) is 0.431. The van der Waals surface area contributed by atoms with Gasteiger partial charge in [0.1, 0.15) is 12.1 Å². The second-order valence-corrected chi connectivity index (χ2v) is 5.27. The molecule has 1 saturated carbocycles. The highest BCUT2D eigenvalue weighted by Crippen LogP contribution is 2.36. The standard InChI is InChI=1S/C14H21N3O3/c1-3-20-13-10(2)12(15-9-16-13)17-14(8-11(18)19)6-4-5-7-14/h9H,3-8H2,1-2H3,(H,18,19)(H,15,16,17). The average Bonchev–Trinajstić information content (AvgIpc) is 2.82. The number of nitrogens with one attached hydrogen (secondary N) is 1. The summed E-state index contributed by atoms with van der Waals surface area (Å²) in [6.07, 6.45) is 5.36. The van der Waals surface area contributed by atoms with Crippen LogP contribution in [0.15, 0.2) is 6.33 Å². The summed E-state index contributed by atoms with van der Waals surface area (Å²) in [7, 11) is 0. The minimum Gasteiger partial charge on any atom is -0.481 e. The smallest absolute Gasteiger partial charge is 0.305 e. The molecule has 1 fully saturated rings. The maximum atomic E-state index is 11.1. The minimum absolute atomic E-state index is 0.112. The van der Waals surface area contributed by atoms with Crippen LogP contribution >= 0.6 is 0 Å². The molecule has 110 valence electrons. The largest absolute Gasteiger partial charge is 0.481 e. The normalized spacial score (nSPS) is 16.9. The van der Waals surface area contributed by atoms with E-state index in [1.165, 1.54) is 6.33 Å². The lowest BCUT2D eigenvalue weighted by atomic mass is 9.93. The quantitative estimate of drug-likeness (QED) is 0.831. The lowest BCUT2D eigenvalue weighted by molar-refractivity contribution is -0.138. The molecule has 0 bridgehead atoms. The van der Waals surface area contributed by atoms with E-state index in [1.54, 1.807) is 0 Å². The van der Waals surface area contributed by atoms with Crippen LogP contribution in [-0.2, 0) is 4.79 Å². The van der Waals surface area contributed by atoms with E-state index in [0.29, 0.717) is 18.3 Å². The van der Waals surface area contributed by atoms with Crippen molar-refractivity contribution in [2.24, 2.45) is 0 Å². The Kier molecular flexibility index (Phi) is 4.42. The molecule has 1 aromatic rings. The summed E-state index contributed by atoms with van der Waals surface area (Å²) >= 11 is 0. The second kappa shape index (κ2) is 6.07. The molecular weight excluding hydrogens is 258 g/mol. The molecule has 2 rings (SSSR count). The molecule has 1 aromatic heterocycles. The van der Waals surface area contributed by atoms with Crippen LogP contribution in [0.1, 0.15) is 44.6 Å². The van der Waals surface area contributed by atoms with Gasteiger partial charge in [0.2, 0.25) is 5.88 Å². The fraction of sp³-hybridized carbons (Fsp3) is 0.643. The number of rotatable bonds is 6. The molecule has 0 unspecified atom stereocenters. The first-order valence-corrected chi connectivity index (χ1v) is 7.01. The van der Waals surface area contributed by atoms with Crippen LogP contribution in [0, 0.1) is 6.92 Å². The van der Waals surface area contributed by atoms with Crippen molar-refractivity contribution >= 4 is 11.8 Å². The zero-order valence-electron chi connectivity index (χ0n) is 12.0. The Balaban J connectivity index is 2.22. The van der Waals surface area contributed by atoms with Crippen LogP contribution in [0.5, 0.6) is 5.88 Å². The van der Waals surface area contributed by atoms with E-state index in [-0.39, 0.29) is 6.42 Å². The number of aliphatic carboxylic acids is 1. The van der Waals surface area contributed by atoms with E-state index >= 15 is 0 Å². The predicted octanol–water partition coefficient (Wildman–Crippen LogP) is 2.38. The van der Waals surface area contributed by atoms with Gasteiger partial charge in [0.25, 0.3) is 0 Å². The zero-order valence-corrected chi connectivity index (χ0v) is 12.0. The van der Waals surface area contributed by atoms with Gasteiger partial charge in [-0.15, -0.1) is 0 Å².